The Hall–Kier alpha value is -1.63. The lowest BCUT2D eigenvalue weighted by Crippen LogP contribution is -2.54. The fraction of sp³-hybridized carbons (Fsp3) is 0.800. The summed E-state index contributed by atoms with van der Waals surface area (Å²) in [5.41, 5.74) is 5.92. The Balaban J connectivity index is 2.11. The van der Waals surface area contributed by atoms with Crippen LogP contribution in [0.4, 0.5) is 0 Å². The van der Waals surface area contributed by atoms with Crippen molar-refractivity contribution < 1.29 is 19.5 Å². The summed E-state index contributed by atoms with van der Waals surface area (Å²) in [4.78, 5) is 39.4. The Morgan fingerprint density at radius 1 is 1.05 bits per heavy atom. The van der Waals surface area contributed by atoms with E-state index in [1.54, 1.807) is 4.90 Å². The second-order valence-electron chi connectivity index (χ2n) is 6.49. The van der Waals surface area contributed by atoms with Crippen molar-refractivity contribution in [1.29, 1.82) is 0 Å². The van der Waals surface area contributed by atoms with Crippen LogP contribution in [-0.4, -0.2) is 63.9 Å². The Morgan fingerprint density at radius 3 is 2.14 bits per heavy atom. The molecule has 3 atom stereocenters. The van der Waals surface area contributed by atoms with E-state index in [0.717, 1.165) is 6.42 Å². The molecule has 124 valence electrons. The largest absolute Gasteiger partial charge is 0.480 e. The first kappa shape index (κ1) is 16.7. The van der Waals surface area contributed by atoms with E-state index in [2.05, 4.69) is 0 Å². The monoisotopic (exact) mass is 311 g/mol. The van der Waals surface area contributed by atoms with Gasteiger partial charge in [0.05, 0.1) is 6.04 Å². The molecule has 0 aliphatic carbocycles. The van der Waals surface area contributed by atoms with Crippen LogP contribution in [0.25, 0.3) is 0 Å². The van der Waals surface area contributed by atoms with Crippen LogP contribution in [0.1, 0.15) is 39.5 Å². The number of likely N-dealkylation sites (tertiary alicyclic amines) is 2. The maximum absolute atomic E-state index is 12.7. The van der Waals surface area contributed by atoms with Crippen molar-refractivity contribution in [3.8, 4) is 0 Å². The quantitative estimate of drug-likeness (QED) is 0.762. The molecule has 0 spiro atoms. The van der Waals surface area contributed by atoms with Crippen LogP contribution in [0.15, 0.2) is 0 Å². The van der Waals surface area contributed by atoms with Crippen LogP contribution < -0.4 is 5.73 Å². The van der Waals surface area contributed by atoms with Crippen LogP contribution in [0.3, 0.4) is 0 Å². The first-order valence-corrected chi connectivity index (χ1v) is 7.94. The topological polar surface area (TPSA) is 104 Å². The van der Waals surface area contributed by atoms with Gasteiger partial charge in [0.15, 0.2) is 0 Å². The maximum atomic E-state index is 12.7. The van der Waals surface area contributed by atoms with E-state index >= 15 is 0 Å². The average molecular weight is 311 g/mol. The third kappa shape index (κ3) is 3.09. The molecule has 7 heteroatoms. The summed E-state index contributed by atoms with van der Waals surface area (Å²) in [6, 6.07) is -1.94. The molecule has 2 aliphatic rings. The predicted molar refractivity (Wildman–Crippen MR) is 79.9 cm³/mol. The van der Waals surface area contributed by atoms with Gasteiger partial charge < -0.3 is 20.6 Å². The summed E-state index contributed by atoms with van der Waals surface area (Å²) in [6.07, 6.45) is 2.50. The normalized spacial score (nSPS) is 26.5. The lowest BCUT2D eigenvalue weighted by atomic mass is 10.0. The summed E-state index contributed by atoms with van der Waals surface area (Å²) >= 11 is 0. The fourth-order valence-corrected chi connectivity index (χ4v) is 3.24. The molecular weight excluding hydrogens is 286 g/mol. The highest BCUT2D eigenvalue weighted by Gasteiger charge is 2.43. The molecule has 2 amide bonds. The highest BCUT2D eigenvalue weighted by atomic mass is 16.4. The van der Waals surface area contributed by atoms with Crippen molar-refractivity contribution in [2.24, 2.45) is 11.7 Å². The zero-order valence-electron chi connectivity index (χ0n) is 13.2. The number of amides is 2. The van der Waals surface area contributed by atoms with Gasteiger partial charge in [0.25, 0.3) is 0 Å². The number of hydrogen-bond donors (Lipinski definition) is 2. The molecule has 3 N–H and O–H groups in total. The molecule has 2 heterocycles. The molecule has 2 rings (SSSR count). The highest BCUT2D eigenvalue weighted by molar-refractivity contribution is 5.92. The molecule has 2 fully saturated rings. The van der Waals surface area contributed by atoms with Gasteiger partial charge in [-0.3, -0.25) is 9.59 Å². The van der Waals surface area contributed by atoms with Crippen LogP contribution in [0, 0.1) is 5.92 Å². The van der Waals surface area contributed by atoms with E-state index in [1.165, 1.54) is 4.90 Å². The standard InChI is InChI=1S/C15H25N3O4/c1-9(2)12(16)14(20)17-7-3-5-10(17)13(19)18-8-4-6-11(18)15(21)22/h9-12H,3-8,16H2,1-2H3,(H,21,22)/t10-,11-,12-/m1/s1. The molecule has 0 aromatic carbocycles. The predicted octanol–water partition coefficient (Wildman–Crippen LogP) is 0.0363. The first-order chi connectivity index (χ1) is 10.3. The molecule has 2 aliphatic heterocycles. The maximum Gasteiger partial charge on any atom is 0.326 e. The molecule has 2 saturated heterocycles. The number of nitrogens with two attached hydrogens (primary N) is 1. The lowest BCUT2D eigenvalue weighted by molar-refractivity contribution is -0.152. The number of rotatable bonds is 4. The molecule has 0 bridgehead atoms. The number of hydrogen-bond acceptors (Lipinski definition) is 4. The minimum absolute atomic E-state index is 0.00223. The third-order valence-corrected chi connectivity index (χ3v) is 4.65. The van der Waals surface area contributed by atoms with Gasteiger partial charge in [0.2, 0.25) is 11.8 Å². The Morgan fingerprint density at radius 2 is 1.59 bits per heavy atom. The van der Waals surface area contributed by atoms with E-state index in [0.29, 0.717) is 32.4 Å². The Bertz CT molecular complexity index is 466. The fourth-order valence-electron chi connectivity index (χ4n) is 3.24. The average Bonchev–Trinajstić information content (AvgIpc) is 3.13. The first-order valence-electron chi connectivity index (χ1n) is 7.94. The Kier molecular flexibility index (Phi) is 5.05. The number of carbonyl (C=O) groups excluding carboxylic acids is 2. The molecule has 0 aromatic heterocycles. The molecular formula is C15H25N3O4. The van der Waals surface area contributed by atoms with Crippen molar-refractivity contribution in [2.45, 2.75) is 57.7 Å². The number of carboxylic acid groups (broad SMARTS) is 1. The molecule has 0 radical (unpaired) electrons. The van der Waals surface area contributed by atoms with Crippen molar-refractivity contribution in [3.63, 3.8) is 0 Å². The molecule has 0 unspecified atom stereocenters. The van der Waals surface area contributed by atoms with E-state index in [9.17, 15) is 19.5 Å². The van der Waals surface area contributed by atoms with Crippen molar-refractivity contribution >= 4 is 17.8 Å². The van der Waals surface area contributed by atoms with E-state index in [-0.39, 0.29) is 17.7 Å². The van der Waals surface area contributed by atoms with Gasteiger partial charge in [-0.15, -0.1) is 0 Å². The lowest BCUT2D eigenvalue weighted by Gasteiger charge is -2.32. The zero-order chi connectivity index (χ0) is 16.4. The van der Waals surface area contributed by atoms with Crippen molar-refractivity contribution in [3.05, 3.63) is 0 Å². The van der Waals surface area contributed by atoms with E-state index < -0.39 is 24.1 Å². The minimum atomic E-state index is -0.972. The smallest absolute Gasteiger partial charge is 0.326 e. The SMILES string of the molecule is CC(C)[C@@H](N)C(=O)N1CCC[C@@H]1C(=O)N1CCC[C@@H]1C(=O)O. The van der Waals surface area contributed by atoms with Gasteiger partial charge >= 0.3 is 5.97 Å². The van der Waals surface area contributed by atoms with Gasteiger partial charge in [0, 0.05) is 13.1 Å². The van der Waals surface area contributed by atoms with Crippen LogP contribution in [0.5, 0.6) is 0 Å². The molecule has 7 nitrogen and oxygen atoms in total. The van der Waals surface area contributed by atoms with Gasteiger partial charge in [-0.05, 0) is 31.6 Å². The third-order valence-electron chi connectivity index (χ3n) is 4.65. The summed E-state index contributed by atoms with van der Waals surface area (Å²) in [5, 5.41) is 9.22. The highest BCUT2D eigenvalue weighted by Crippen LogP contribution is 2.25. The van der Waals surface area contributed by atoms with Crippen LogP contribution in [-0.2, 0) is 14.4 Å². The van der Waals surface area contributed by atoms with Crippen LogP contribution in [0.2, 0.25) is 0 Å². The van der Waals surface area contributed by atoms with Gasteiger partial charge in [-0.2, -0.15) is 0 Å². The van der Waals surface area contributed by atoms with Crippen molar-refractivity contribution in [1.82, 2.24) is 9.80 Å². The van der Waals surface area contributed by atoms with Gasteiger partial charge in [-0.1, -0.05) is 13.8 Å². The second kappa shape index (κ2) is 6.64. The molecule has 0 aromatic rings. The number of aliphatic carboxylic acids is 1. The number of carboxylic acids is 1. The molecule has 0 saturated carbocycles. The van der Waals surface area contributed by atoms with Crippen molar-refractivity contribution in [2.75, 3.05) is 13.1 Å². The van der Waals surface area contributed by atoms with E-state index in [1.807, 2.05) is 13.8 Å². The van der Waals surface area contributed by atoms with Gasteiger partial charge in [-0.25, -0.2) is 4.79 Å². The zero-order valence-corrected chi connectivity index (χ0v) is 13.2. The summed E-state index contributed by atoms with van der Waals surface area (Å²) in [7, 11) is 0. The van der Waals surface area contributed by atoms with Crippen LogP contribution >= 0.6 is 0 Å². The number of nitrogens with zero attached hydrogens (tertiary/aromatic N) is 2. The summed E-state index contributed by atoms with van der Waals surface area (Å²) in [6.45, 7) is 4.71. The second-order valence-corrected chi connectivity index (χ2v) is 6.49. The van der Waals surface area contributed by atoms with E-state index in [4.69, 9.17) is 5.73 Å². The molecule has 22 heavy (non-hydrogen) atoms. The summed E-state index contributed by atoms with van der Waals surface area (Å²) < 4.78 is 0. The summed E-state index contributed by atoms with van der Waals surface area (Å²) in [5.74, 6) is -1.42. The number of carbonyl (C=O) groups is 3. The van der Waals surface area contributed by atoms with Gasteiger partial charge in [0.1, 0.15) is 12.1 Å². The minimum Gasteiger partial charge on any atom is -0.480 e. The Labute approximate surface area is 130 Å².